The van der Waals surface area contributed by atoms with Crippen LogP contribution in [0.25, 0.3) is 10.9 Å². The first-order chi connectivity index (χ1) is 11.6. The molecule has 5 nitrogen and oxygen atoms in total. The van der Waals surface area contributed by atoms with Crippen LogP contribution in [0.4, 0.5) is 0 Å². The van der Waals surface area contributed by atoms with Gasteiger partial charge in [-0.15, -0.1) is 0 Å². The van der Waals surface area contributed by atoms with Gasteiger partial charge in [0.1, 0.15) is 0 Å². The summed E-state index contributed by atoms with van der Waals surface area (Å²) in [5, 5.41) is 23.3. The Labute approximate surface area is 140 Å². The van der Waals surface area contributed by atoms with Gasteiger partial charge in [0.15, 0.2) is 0 Å². The largest absolute Gasteiger partial charge is 0.395 e. The van der Waals surface area contributed by atoms with E-state index in [9.17, 15) is 15.0 Å². The number of hydrogen-bond acceptors (Lipinski definition) is 4. The van der Waals surface area contributed by atoms with Gasteiger partial charge in [-0.25, -0.2) is 0 Å². The van der Waals surface area contributed by atoms with Crippen LogP contribution in [0.3, 0.4) is 0 Å². The van der Waals surface area contributed by atoms with E-state index in [1.54, 1.807) is 0 Å². The molecule has 24 heavy (non-hydrogen) atoms. The van der Waals surface area contributed by atoms with Crippen LogP contribution < -0.4 is 5.32 Å². The van der Waals surface area contributed by atoms with E-state index in [4.69, 9.17) is 0 Å². The van der Waals surface area contributed by atoms with E-state index in [0.29, 0.717) is 12.8 Å². The maximum atomic E-state index is 12.6. The minimum absolute atomic E-state index is 0.0791. The van der Waals surface area contributed by atoms with Crippen LogP contribution in [0.1, 0.15) is 37.3 Å². The number of rotatable bonds is 5. The van der Waals surface area contributed by atoms with Crippen molar-refractivity contribution in [3.63, 3.8) is 0 Å². The fraction of sp³-hybridized carbons (Fsp3) is 0.474. The van der Waals surface area contributed by atoms with Gasteiger partial charge in [-0.3, -0.25) is 9.78 Å². The average molecular weight is 326 g/mol. The van der Waals surface area contributed by atoms with E-state index in [0.717, 1.165) is 29.3 Å². The highest BCUT2D eigenvalue weighted by atomic mass is 16.3. The zero-order valence-corrected chi connectivity index (χ0v) is 13.5. The molecule has 1 amide bonds. The number of carbonyl (C=O) groups is 1. The van der Waals surface area contributed by atoms with Crippen molar-refractivity contribution in [2.45, 2.75) is 37.8 Å². The molecule has 1 heterocycles. The Bertz CT molecular complexity index is 766. The first-order valence-electron chi connectivity index (χ1n) is 8.56. The standard InChI is InChI=1S/C19H22N2O3/c22-11-19(5-6-19)18(24)21-17(13-8-15(23)9-13)14-7-12-3-1-2-4-16(12)20-10-14/h1-4,7,10,13,15,17,22-23H,5-6,8-9,11H2,(H,21,24)/t13?,15?,17-/m0/s1. The quantitative estimate of drug-likeness (QED) is 0.784. The van der Waals surface area contributed by atoms with Crippen LogP contribution in [-0.2, 0) is 4.79 Å². The van der Waals surface area contributed by atoms with Crippen molar-refractivity contribution in [2.75, 3.05) is 6.61 Å². The summed E-state index contributed by atoms with van der Waals surface area (Å²) in [5.41, 5.74) is 1.30. The van der Waals surface area contributed by atoms with Crippen LogP contribution >= 0.6 is 0 Å². The summed E-state index contributed by atoms with van der Waals surface area (Å²) in [6.07, 6.45) is 4.39. The van der Waals surface area contributed by atoms with Crippen molar-refractivity contribution in [1.29, 1.82) is 0 Å². The van der Waals surface area contributed by atoms with E-state index >= 15 is 0 Å². The van der Waals surface area contributed by atoms with Gasteiger partial charge in [0.25, 0.3) is 0 Å². The summed E-state index contributed by atoms with van der Waals surface area (Å²) in [7, 11) is 0. The second kappa shape index (κ2) is 5.83. The molecule has 2 saturated carbocycles. The summed E-state index contributed by atoms with van der Waals surface area (Å²) >= 11 is 0. The fourth-order valence-electron chi connectivity index (χ4n) is 3.54. The molecule has 4 rings (SSSR count). The van der Waals surface area contributed by atoms with Gasteiger partial charge in [0.2, 0.25) is 5.91 Å². The number of carbonyl (C=O) groups excluding carboxylic acids is 1. The Balaban J connectivity index is 1.62. The molecule has 0 aliphatic heterocycles. The Kier molecular flexibility index (Phi) is 3.77. The van der Waals surface area contributed by atoms with Crippen LogP contribution in [0.2, 0.25) is 0 Å². The van der Waals surface area contributed by atoms with Crippen molar-refractivity contribution >= 4 is 16.8 Å². The molecule has 0 radical (unpaired) electrons. The lowest BCUT2D eigenvalue weighted by Crippen LogP contribution is -2.44. The fourth-order valence-corrected chi connectivity index (χ4v) is 3.54. The number of nitrogens with zero attached hydrogens (tertiary/aromatic N) is 1. The summed E-state index contributed by atoms with van der Waals surface area (Å²) in [5.74, 6) is 0.131. The van der Waals surface area contributed by atoms with E-state index < -0.39 is 5.41 Å². The Morgan fingerprint density at radius 2 is 2.08 bits per heavy atom. The SMILES string of the molecule is O=C(N[C@H](c1cnc2ccccc2c1)C1CC(O)C1)C1(CO)CC1. The van der Waals surface area contributed by atoms with Gasteiger partial charge in [-0.05, 0) is 49.3 Å². The molecule has 0 bridgehead atoms. The lowest BCUT2D eigenvalue weighted by molar-refractivity contribution is -0.129. The molecule has 2 aliphatic rings. The average Bonchev–Trinajstić information content (AvgIpc) is 3.38. The predicted molar refractivity (Wildman–Crippen MR) is 90.1 cm³/mol. The first-order valence-corrected chi connectivity index (χ1v) is 8.56. The van der Waals surface area contributed by atoms with Gasteiger partial charge in [0, 0.05) is 11.6 Å². The lowest BCUT2D eigenvalue weighted by atomic mass is 9.75. The first kappa shape index (κ1) is 15.5. The molecule has 5 heteroatoms. The molecule has 0 spiro atoms. The second-order valence-electron chi connectivity index (χ2n) is 7.24. The number of para-hydroxylation sites is 1. The zero-order chi connectivity index (χ0) is 16.7. The molecule has 2 aromatic rings. The minimum atomic E-state index is -0.592. The summed E-state index contributed by atoms with van der Waals surface area (Å²) < 4.78 is 0. The maximum absolute atomic E-state index is 12.6. The number of amides is 1. The van der Waals surface area contributed by atoms with Gasteiger partial charge in [-0.1, -0.05) is 18.2 Å². The second-order valence-corrected chi connectivity index (χ2v) is 7.24. The van der Waals surface area contributed by atoms with Crippen molar-refractivity contribution in [1.82, 2.24) is 10.3 Å². The van der Waals surface area contributed by atoms with Crippen LogP contribution in [0, 0.1) is 11.3 Å². The van der Waals surface area contributed by atoms with Crippen LogP contribution in [0.15, 0.2) is 36.5 Å². The number of aromatic nitrogens is 1. The third-order valence-corrected chi connectivity index (χ3v) is 5.52. The van der Waals surface area contributed by atoms with Crippen molar-refractivity contribution in [3.8, 4) is 0 Å². The highest BCUT2D eigenvalue weighted by Crippen LogP contribution is 2.47. The minimum Gasteiger partial charge on any atom is -0.395 e. The Morgan fingerprint density at radius 3 is 2.75 bits per heavy atom. The molecule has 2 aliphatic carbocycles. The maximum Gasteiger partial charge on any atom is 0.229 e. The highest BCUT2D eigenvalue weighted by molar-refractivity contribution is 5.86. The molecule has 1 aromatic carbocycles. The van der Waals surface area contributed by atoms with Gasteiger partial charge in [-0.2, -0.15) is 0 Å². The Hall–Kier alpha value is -1.98. The number of nitrogens with one attached hydrogen (secondary N) is 1. The zero-order valence-electron chi connectivity index (χ0n) is 13.5. The molecular weight excluding hydrogens is 304 g/mol. The smallest absolute Gasteiger partial charge is 0.229 e. The molecule has 0 saturated heterocycles. The van der Waals surface area contributed by atoms with E-state index in [1.165, 1.54) is 0 Å². The summed E-state index contributed by atoms with van der Waals surface area (Å²) in [6.45, 7) is -0.102. The summed E-state index contributed by atoms with van der Waals surface area (Å²) in [4.78, 5) is 17.1. The number of benzene rings is 1. The molecule has 1 aromatic heterocycles. The van der Waals surface area contributed by atoms with Gasteiger partial charge in [0.05, 0.1) is 29.7 Å². The van der Waals surface area contributed by atoms with E-state index in [-0.39, 0.29) is 30.6 Å². The molecule has 1 atom stereocenters. The summed E-state index contributed by atoms with van der Waals surface area (Å²) in [6, 6.07) is 9.80. The van der Waals surface area contributed by atoms with E-state index in [1.807, 2.05) is 30.5 Å². The Morgan fingerprint density at radius 1 is 1.33 bits per heavy atom. The molecule has 126 valence electrons. The predicted octanol–water partition coefficient (Wildman–Crippen LogP) is 1.94. The normalized spacial score (nSPS) is 25.8. The van der Waals surface area contributed by atoms with Crippen molar-refractivity contribution in [3.05, 3.63) is 42.1 Å². The van der Waals surface area contributed by atoms with Crippen LogP contribution in [0.5, 0.6) is 0 Å². The number of fused-ring (bicyclic) bond motifs is 1. The number of pyridine rings is 1. The number of aliphatic hydroxyl groups excluding tert-OH is 2. The number of hydrogen-bond donors (Lipinski definition) is 3. The van der Waals surface area contributed by atoms with Crippen molar-refractivity contribution in [2.24, 2.45) is 11.3 Å². The lowest BCUT2D eigenvalue weighted by Gasteiger charge is -2.38. The van der Waals surface area contributed by atoms with Crippen LogP contribution in [-0.4, -0.2) is 33.8 Å². The molecule has 2 fully saturated rings. The topological polar surface area (TPSA) is 82.5 Å². The highest BCUT2D eigenvalue weighted by Gasteiger charge is 2.50. The third-order valence-electron chi connectivity index (χ3n) is 5.52. The van der Waals surface area contributed by atoms with Gasteiger partial charge < -0.3 is 15.5 Å². The molecule has 3 N–H and O–H groups in total. The molecular formula is C19H22N2O3. The third kappa shape index (κ3) is 2.68. The number of aliphatic hydroxyl groups is 2. The van der Waals surface area contributed by atoms with Crippen molar-refractivity contribution < 1.29 is 15.0 Å². The van der Waals surface area contributed by atoms with E-state index in [2.05, 4.69) is 16.4 Å². The molecule has 0 unspecified atom stereocenters. The van der Waals surface area contributed by atoms with Gasteiger partial charge >= 0.3 is 0 Å². The monoisotopic (exact) mass is 326 g/mol.